The highest BCUT2D eigenvalue weighted by Gasteiger charge is 2.42. The Morgan fingerprint density at radius 1 is 0.981 bits per heavy atom. The summed E-state index contributed by atoms with van der Waals surface area (Å²) in [5, 5.41) is 4.79. The van der Waals surface area contributed by atoms with Crippen LogP contribution in [0.3, 0.4) is 0 Å². The van der Waals surface area contributed by atoms with Gasteiger partial charge in [0.05, 0.1) is 43.3 Å². The van der Waals surface area contributed by atoms with Gasteiger partial charge in [0.2, 0.25) is 5.91 Å². The third-order valence-electron chi connectivity index (χ3n) is 9.54. The van der Waals surface area contributed by atoms with Crippen molar-refractivity contribution in [1.82, 2.24) is 35.1 Å². The van der Waals surface area contributed by atoms with Crippen molar-refractivity contribution in [3.63, 3.8) is 0 Å². The minimum atomic E-state index is -0.751. The summed E-state index contributed by atoms with van der Waals surface area (Å²) in [5.74, 6) is 7.47. The fourth-order valence-electron chi connectivity index (χ4n) is 6.96. The standard InChI is InChI=1S/C40H47N7O5/c1-8-30-17-18-33(47(30)37(48)34(24(2)3)45-38(49)51-7)36-41-22-29(43-36)16-12-25-11-13-27-21-28(15-14-26(27)20-25)31-23-42-35(44-31)32-10-9-19-46(32)39(50)52-40(4,5)6/h8,11,13-15,20-24,30,32-34H,1,9-10,17-19H2,2-7H3,(H,41,43)(H,42,44)(H,45,49)/t30-,32+,33+,34+/m1/s1. The number of aromatic amines is 2. The lowest BCUT2D eigenvalue weighted by molar-refractivity contribution is -0.136. The smallest absolute Gasteiger partial charge is 0.410 e. The molecule has 0 radical (unpaired) electrons. The van der Waals surface area contributed by atoms with Crippen molar-refractivity contribution in [3.05, 3.63) is 84.4 Å². The van der Waals surface area contributed by atoms with Gasteiger partial charge < -0.3 is 29.7 Å². The molecule has 12 heteroatoms. The zero-order valence-electron chi connectivity index (χ0n) is 30.7. The maximum absolute atomic E-state index is 13.8. The number of nitrogens with zero attached hydrogens (tertiary/aromatic N) is 4. The van der Waals surface area contributed by atoms with Crippen molar-refractivity contribution < 1.29 is 23.9 Å². The number of ether oxygens (including phenoxy) is 2. The number of likely N-dealkylation sites (tertiary alicyclic amines) is 2. The normalized spacial score (nSPS) is 19.3. The molecule has 2 saturated heterocycles. The molecule has 4 heterocycles. The fraction of sp³-hybridized carbons (Fsp3) is 0.425. The van der Waals surface area contributed by atoms with E-state index in [1.54, 1.807) is 22.1 Å². The summed E-state index contributed by atoms with van der Waals surface area (Å²) in [5.41, 5.74) is 2.81. The first-order valence-electron chi connectivity index (χ1n) is 17.8. The maximum atomic E-state index is 13.8. The molecule has 3 N–H and O–H groups in total. The van der Waals surface area contributed by atoms with Crippen LogP contribution in [0.4, 0.5) is 9.59 Å². The summed E-state index contributed by atoms with van der Waals surface area (Å²) in [6.07, 6.45) is 7.47. The number of amides is 3. The van der Waals surface area contributed by atoms with Crippen LogP contribution in [-0.4, -0.2) is 79.2 Å². The molecule has 272 valence electrons. The number of alkyl carbamates (subject to hydrolysis) is 1. The van der Waals surface area contributed by atoms with Gasteiger partial charge in [0.1, 0.15) is 29.0 Å². The molecule has 0 aliphatic carbocycles. The highest BCUT2D eigenvalue weighted by atomic mass is 16.6. The molecule has 12 nitrogen and oxygen atoms in total. The van der Waals surface area contributed by atoms with Crippen LogP contribution in [0.15, 0.2) is 61.4 Å². The van der Waals surface area contributed by atoms with Crippen LogP contribution >= 0.6 is 0 Å². The molecule has 3 amide bonds. The summed E-state index contributed by atoms with van der Waals surface area (Å²) < 4.78 is 10.4. The molecule has 4 atom stereocenters. The Morgan fingerprint density at radius 2 is 1.71 bits per heavy atom. The molecule has 52 heavy (non-hydrogen) atoms. The molecule has 2 aromatic heterocycles. The third-order valence-corrected chi connectivity index (χ3v) is 9.54. The second kappa shape index (κ2) is 15.0. The lowest BCUT2D eigenvalue weighted by atomic mass is 10.0. The Balaban J connectivity index is 1.15. The molecule has 0 spiro atoms. The molecule has 4 aromatic rings. The minimum Gasteiger partial charge on any atom is -0.453 e. The largest absolute Gasteiger partial charge is 0.453 e. The number of aromatic nitrogens is 4. The number of carbonyl (C=O) groups is 3. The highest BCUT2D eigenvalue weighted by molar-refractivity contribution is 5.88. The van der Waals surface area contributed by atoms with E-state index in [1.807, 2.05) is 65.1 Å². The van der Waals surface area contributed by atoms with Gasteiger partial charge in [-0.25, -0.2) is 19.6 Å². The van der Waals surface area contributed by atoms with Gasteiger partial charge in [-0.05, 0) is 87.3 Å². The van der Waals surface area contributed by atoms with E-state index in [2.05, 4.69) is 55.8 Å². The Hall–Kier alpha value is -5.57. The van der Waals surface area contributed by atoms with E-state index in [9.17, 15) is 14.4 Å². The fourth-order valence-corrected chi connectivity index (χ4v) is 6.96. The topological polar surface area (TPSA) is 146 Å². The molecule has 0 saturated carbocycles. The van der Waals surface area contributed by atoms with E-state index in [4.69, 9.17) is 9.47 Å². The molecule has 2 aliphatic heterocycles. The minimum absolute atomic E-state index is 0.146. The lowest BCUT2D eigenvalue weighted by Crippen LogP contribution is -2.52. The van der Waals surface area contributed by atoms with Gasteiger partial charge in [-0.3, -0.25) is 9.69 Å². The van der Waals surface area contributed by atoms with E-state index < -0.39 is 17.7 Å². The van der Waals surface area contributed by atoms with Crippen LogP contribution in [0.25, 0.3) is 22.0 Å². The summed E-state index contributed by atoms with van der Waals surface area (Å²) in [4.78, 5) is 58.1. The van der Waals surface area contributed by atoms with Gasteiger partial charge in [0.15, 0.2) is 0 Å². The Bertz CT molecular complexity index is 2030. The number of benzene rings is 2. The number of hydrogen-bond acceptors (Lipinski definition) is 7. The van der Waals surface area contributed by atoms with Crippen LogP contribution in [0.2, 0.25) is 0 Å². The first-order chi connectivity index (χ1) is 24.8. The first kappa shape index (κ1) is 36.2. The van der Waals surface area contributed by atoms with Gasteiger partial charge in [-0.15, -0.1) is 6.58 Å². The Labute approximate surface area is 304 Å². The molecule has 2 aromatic carbocycles. The molecule has 2 aliphatic rings. The molecule has 0 bridgehead atoms. The van der Waals surface area contributed by atoms with E-state index in [1.165, 1.54) is 7.11 Å². The lowest BCUT2D eigenvalue weighted by Gasteiger charge is -2.33. The van der Waals surface area contributed by atoms with Crippen LogP contribution in [0.1, 0.15) is 95.3 Å². The predicted molar refractivity (Wildman–Crippen MR) is 198 cm³/mol. The van der Waals surface area contributed by atoms with Crippen LogP contribution in [0, 0.1) is 17.8 Å². The molecule has 6 rings (SSSR count). The quantitative estimate of drug-likeness (QED) is 0.138. The van der Waals surface area contributed by atoms with Crippen molar-refractivity contribution in [1.29, 1.82) is 0 Å². The van der Waals surface area contributed by atoms with E-state index in [0.717, 1.165) is 52.7 Å². The van der Waals surface area contributed by atoms with Crippen LogP contribution in [0.5, 0.6) is 0 Å². The summed E-state index contributed by atoms with van der Waals surface area (Å²) in [6.45, 7) is 14.0. The number of H-pyrrole nitrogens is 2. The Morgan fingerprint density at radius 3 is 2.44 bits per heavy atom. The second-order valence-electron chi connectivity index (χ2n) is 14.7. The zero-order valence-corrected chi connectivity index (χ0v) is 30.7. The maximum Gasteiger partial charge on any atom is 0.410 e. The average Bonchev–Trinajstić information content (AvgIpc) is 3.94. The number of carbonyl (C=O) groups excluding carboxylic acids is 3. The molecular formula is C40H47N7O5. The van der Waals surface area contributed by atoms with Gasteiger partial charge in [0, 0.05) is 17.7 Å². The first-order valence-corrected chi connectivity index (χ1v) is 17.8. The van der Waals surface area contributed by atoms with Crippen molar-refractivity contribution >= 4 is 28.9 Å². The van der Waals surface area contributed by atoms with Crippen LogP contribution in [-0.2, 0) is 14.3 Å². The van der Waals surface area contributed by atoms with Gasteiger partial charge >= 0.3 is 12.2 Å². The SMILES string of the molecule is C=C[C@@H]1CC[C@@H](c2ncc(C#Cc3ccc4cc(-c5cnc([C@@H]6CCCN6C(=O)OC(C)(C)C)[nH]5)ccc4c3)[nH]2)N1C(=O)[C@@H](NC(=O)OC)C(C)C. The molecule has 0 unspecified atom stereocenters. The molecule has 2 fully saturated rings. The number of nitrogens with one attached hydrogen (secondary N) is 3. The Kier molecular flexibility index (Phi) is 10.4. The van der Waals surface area contributed by atoms with E-state index in [-0.39, 0.29) is 36.0 Å². The predicted octanol–water partition coefficient (Wildman–Crippen LogP) is 7.02. The second-order valence-corrected chi connectivity index (χ2v) is 14.7. The molecular weight excluding hydrogens is 658 g/mol. The summed E-state index contributed by atoms with van der Waals surface area (Å²) in [6, 6.07) is 10.9. The number of hydrogen-bond donors (Lipinski definition) is 3. The number of methoxy groups -OCH3 is 1. The zero-order chi connectivity index (χ0) is 37.2. The van der Waals surface area contributed by atoms with Crippen molar-refractivity contribution in [2.75, 3.05) is 13.7 Å². The van der Waals surface area contributed by atoms with Gasteiger partial charge in [-0.1, -0.05) is 44.0 Å². The summed E-state index contributed by atoms with van der Waals surface area (Å²) in [7, 11) is 1.28. The van der Waals surface area contributed by atoms with E-state index >= 15 is 0 Å². The summed E-state index contributed by atoms with van der Waals surface area (Å²) >= 11 is 0. The van der Waals surface area contributed by atoms with Gasteiger partial charge in [0.25, 0.3) is 0 Å². The average molecular weight is 706 g/mol. The third kappa shape index (κ3) is 7.83. The van der Waals surface area contributed by atoms with Crippen molar-refractivity contribution in [2.24, 2.45) is 5.92 Å². The number of fused-ring (bicyclic) bond motifs is 1. The number of rotatable bonds is 7. The van der Waals surface area contributed by atoms with Crippen LogP contribution < -0.4 is 5.32 Å². The highest BCUT2D eigenvalue weighted by Crippen LogP contribution is 2.37. The van der Waals surface area contributed by atoms with Gasteiger partial charge in [-0.2, -0.15) is 0 Å². The van der Waals surface area contributed by atoms with E-state index in [0.29, 0.717) is 24.5 Å². The number of imidazole rings is 2. The van der Waals surface area contributed by atoms with Crippen molar-refractivity contribution in [2.45, 2.75) is 90.1 Å². The van der Waals surface area contributed by atoms with Crippen molar-refractivity contribution in [3.8, 4) is 23.1 Å². The monoisotopic (exact) mass is 705 g/mol.